The molecule has 0 saturated heterocycles. The summed E-state index contributed by atoms with van der Waals surface area (Å²) >= 11 is 0. The maximum atomic E-state index is 12.9. The zero-order valence-electron chi connectivity index (χ0n) is 17.9. The number of furan rings is 1. The summed E-state index contributed by atoms with van der Waals surface area (Å²) in [7, 11) is -3.90. The normalized spacial score (nSPS) is 17.7. The Morgan fingerprint density at radius 3 is 2.63 bits per heavy atom. The summed E-state index contributed by atoms with van der Waals surface area (Å²) in [5, 5.41) is 9.78. The van der Waals surface area contributed by atoms with Crippen molar-refractivity contribution in [2.45, 2.75) is 75.9 Å². The Balaban J connectivity index is 1.57. The van der Waals surface area contributed by atoms with E-state index in [2.05, 4.69) is 19.1 Å². The first-order chi connectivity index (χ1) is 14.1. The number of hydrogen-bond acceptors (Lipinski definition) is 5. The molecular formula is C24H30O5S. The maximum absolute atomic E-state index is 12.9. The second kappa shape index (κ2) is 7.65. The molecule has 2 aliphatic carbocycles. The molecule has 2 aliphatic rings. The van der Waals surface area contributed by atoms with Gasteiger partial charge in [-0.1, -0.05) is 19.1 Å². The van der Waals surface area contributed by atoms with Crippen LogP contribution in [0.15, 0.2) is 34.0 Å². The van der Waals surface area contributed by atoms with Gasteiger partial charge in [0.15, 0.2) is 5.78 Å². The van der Waals surface area contributed by atoms with E-state index in [1.807, 2.05) is 0 Å². The van der Waals surface area contributed by atoms with Gasteiger partial charge in [0.05, 0.1) is 11.9 Å². The Morgan fingerprint density at radius 1 is 1.27 bits per heavy atom. The molecule has 0 aliphatic heterocycles. The standard InChI is InChI=1S/C24H30O5S/c1-15(16-7-8-16)20-10-9-17-5-4-6-21(17)22(20)12-19(25)14-30(27,28)23-11-18(13-29-23)24(2,3)26/h9-11,13,15-16,26H,4-8,12,14H2,1-3H3. The largest absolute Gasteiger partial charge is 0.453 e. The van der Waals surface area contributed by atoms with Crippen molar-refractivity contribution in [1.82, 2.24) is 0 Å². The van der Waals surface area contributed by atoms with E-state index in [4.69, 9.17) is 4.42 Å². The minimum atomic E-state index is -3.90. The van der Waals surface area contributed by atoms with Crippen LogP contribution in [0.2, 0.25) is 0 Å². The van der Waals surface area contributed by atoms with Gasteiger partial charge in [0.2, 0.25) is 14.9 Å². The number of benzene rings is 1. The number of Topliss-reactive ketones (excluding diaryl/α,β-unsaturated/α-hetero) is 1. The first-order valence-electron chi connectivity index (χ1n) is 10.8. The zero-order valence-corrected chi connectivity index (χ0v) is 18.7. The number of hydrogen-bond donors (Lipinski definition) is 1. The highest BCUT2D eigenvalue weighted by Gasteiger charge is 2.33. The number of aryl methyl sites for hydroxylation is 1. The molecule has 30 heavy (non-hydrogen) atoms. The second-order valence-corrected chi connectivity index (χ2v) is 11.4. The summed E-state index contributed by atoms with van der Waals surface area (Å²) < 4.78 is 30.7. The number of aliphatic hydroxyl groups is 1. The van der Waals surface area contributed by atoms with E-state index in [9.17, 15) is 18.3 Å². The van der Waals surface area contributed by atoms with Crippen molar-refractivity contribution in [2.75, 3.05) is 5.75 Å². The van der Waals surface area contributed by atoms with Crippen LogP contribution >= 0.6 is 0 Å². The molecule has 6 heteroatoms. The third kappa shape index (κ3) is 4.26. The minimum absolute atomic E-state index is 0.147. The van der Waals surface area contributed by atoms with E-state index in [0.717, 1.165) is 24.8 Å². The van der Waals surface area contributed by atoms with Crippen LogP contribution in [0.25, 0.3) is 0 Å². The summed E-state index contributed by atoms with van der Waals surface area (Å²) in [6, 6.07) is 5.66. The first-order valence-corrected chi connectivity index (χ1v) is 12.4. The molecule has 0 radical (unpaired) electrons. The third-order valence-electron chi connectivity index (χ3n) is 6.57. The molecule has 0 bridgehead atoms. The molecule has 1 aromatic carbocycles. The van der Waals surface area contributed by atoms with Gasteiger partial charge in [-0.25, -0.2) is 8.42 Å². The molecule has 162 valence electrons. The molecule has 4 rings (SSSR count). The lowest BCUT2D eigenvalue weighted by Crippen LogP contribution is -2.20. The van der Waals surface area contributed by atoms with Gasteiger partial charge in [-0.15, -0.1) is 0 Å². The SMILES string of the molecule is CC(c1ccc2c(c1CC(=O)CS(=O)(=O)c1cc(C(C)(C)O)co1)CCC2)C1CC1. The first kappa shape index (κ1) is 21.3. The predicted octanol–water partition coefficient (Wildman–Crippen LogP) is 4.09. The van der Waals surface area contributed by atoms with Gasteiger partial charge in [-0.2, -0.15) is 0 Å². The number of carbonyl (C=O) groups is 1. The average Bonchev–Trinajstić information content (AvgIpc) is 3.16. The number of ketones is 1. The minimum Gasteiger partial charge on any atom is -0.453 e. The van der Waals surface area contributed by atoms with Gasteiger partial charge in [-0.05, 0) is 80.0 Å². The van der Waals surface area contributed by atoms with Gasteiger partial charge in [0.25, 0.3) is 0 Å². The molecule has 0 spiro atoms. The average molecular weight is 431 g/mol. The highest BCUT2D eigenvalue weighted by molar-refractivity contribution is 7.92. The van der Waals surface area contributed by atoms with Crippen molar-refractivity contribution in [1.29, 1.82) is 0 Å². The molecule has 0 amide bonds. The van der Waals surface area contributed by atoms with Crippen LogP contribution in [0.1, 0.15) is 73.8 Å². The monoisotopic (exact) mass is 430 g/mol. The molecule has 2 aromatic rings. The molecule has 1 unspecified atom stereocenters. The number of fused-ring (bicyclic) bond motifs is 1. The molecule has 1 N–H and O–H groups in total. The summed E-state index contributed by atoms with van der Waals surface area (Å²) in [6.07, 6.45) is 6.90. The van der Waals surface area contributed by atoms with Crippen LogP contribution in [0.5, 0.6) is 0 Å². The Labute approximate surface area is 178 Å². The van der Waals surface area contributed by atoms with Gasteiger partial charge in [-0.3, -0.25) is 4.79 Å². The number of sulfone groups is 1. The van der Waals surface area contributed by atoms with Crippen LogP contribution in [-0.2, 0) is 39.5 Å². The fourth-order valence-corrected chi connectivity index (χ4v) is 5.75. The van der Waals surface area contributed by atoms with E-state index in [0.29, 0.717) is 17.4 Å². The Morgan fingerprint density at radius 2 is 2.00 bits per heavy atom. The topological polar surface area (TPSA) is 84.6 Å². The molecule has 1 saturated carbocycles. The molecule has 1 aromatic heterocycles. The zero-order chi connectivity index (χ0) is 21.7. The van der Waals surface area contributed by atoms with Crippen molar-refractivity contribution in [3.8, 4) is 0 Å². The lowest BCUT2D eigenvalue weighted by molar-refractivity contribution is -0.116. The molecule has 1 heterocycles. The summed E-state index contributed by atoms with van der Waals surface area (Å²) in [5.41, 5.74) is 3.99. The van der Waals surface area contributed by atoms with Gasteiger partial charge in [0, 0.05) is 18.1 Å². The van der Waals surface area contributed by atoms with Crippen molar-refractivity contribution in [3.63, 3.8) is 0 Å². The van der Waals surface area contributed by atoms with E-state index in [1.165, 1.54) is 41.9 Å². The van der Waals surface area contributed by atoms with Crippen LogP contribution in [0.3, 0.4) is 0 Å². The summed E-state index contributed by atoms with van der Waals surface area (Å²) in [6.45, 7) is 5.33. The van der Waals surface area contributed by atoms with Crippen LogP contribution < -0.4 is 0 Å². The predicted molar refractivity (Wildman–Crippen MR) is 114 cm³/mol. The van der Waals surface area contributed by atoms with Crippen molar-refractivity contribution < 1.29 is 22.7 Å². The van der Waals surface area contributed by atoms with E-state index in [-0.39, 0.29) is 17.3 Å². The lowest BCUT2D eigenvalue weighted by atomic mass is 9.86. The quantitative estimate of drug-likeness (QED) is 0.682. The molecular weight excluding hydrogens is 400 g/mol. The smallest absolute Gasteiger partial charge is 0.218 e. The van der Waals surface area contributed by atoms with Crippen LogP contribution in [0, 0.1) is 5.92 Å². The number of rotatable bonds is 8. The Hall–Kier alpha value is -1.92. The fourth-order valence-electron chi connectivity index (χ4n) is 4.58. The van der Waals surface area contributed by atoms with E-state index < -0.39 is 21.2 Å². The number of carbonyl (C=O) groups excluding carboxylic acids is 1. The van der Waals surface area contributed by atoms with Gasteiger partial charge >= 0.3 is 0 Å². The molecule has 1 atom stereocenters. The van der Waals surface area contributed by atoms with Crippen LogP contribution in [0.4, 0.5) is 0 Å². The Kier molecular flexibility index (Phi) is 5.43. The lowest BCUT2D eigenvalue weighted by Gasteiger charge is -2.19. The third-order valence-corrected chi connectivity index (χ3v) is 8.10. The van der Waals surface area contributed by atoms with Crippen LogP contribution in [-0.4, -0.2) is 25.1 Å². The van der Waals surface area contributed by atoms with Gasteiger partial charge in [0.1, 0.15) is 5.75 Å². The van der Waals surface area contributed by atoms with E-state index >= 15 is 0 Å². The molecule has 1 fully saturated rings. The van der Waals surface area contributed by atoms with Gasteiger partial charge < -0.3 is 9.52 Å². The highest BCUT2D eigenvalue weighted by atomic mass is 32.2. The second-order valence-electron chi connectivity index (χ2n) is 9.44. The fraction of sp³-hybridized carbons (Fsp3) is 0.542. The van der Waals surface area contributed by atoms with Crippen molar-refractivity contribution in [2.24, 2.45) is 5.92 Å². The maximum Gasteiger partial charge on any atom is 0.218 e. The summed E-state index contributed by atoms with van der Waals surface area (Å²) in [5.74, 6) is 0.160. The van der Waals surface area contributed by atoms with E-state index in [1.54, 1.807) is 13.8 Å². The molecule has 5 nitrogen and oxygen atoms in total. The highest BCUT2D eigenvalue weighted by Crippen LogP contribution is 2.44. The summed E-state index contributed by atoms with van der Waals surface area (Å²) in [4.78, 5) is 12.9. The van der Waals surface area contributed by atoms with Crippen molar-refractivity contribution >= 4 is 15.6 Å². The Bertz CT molecular complexity index is 1070. The van der Waals surface area contributed by atoms with Crippen molar-refractivity contribution in [3.05, 3.63) is 52.3 Å².